The van der Waals surface area contributed by atoms with Gasteiger partial charge in [-0.2, -0.15) is 0 Å². The molecule has 3 N–H and O–H groups in total. The van der Waals surface area contributed by atoms with Gasteiger partial charge in [-0.3, -0.25) is 15.0 Å². The fourth-order valence-electron chi connectivity index (χ4n) is 4.31. The zero-order chi connectivity index (χ0) is 28.8. The first-order valence-electron chi connectivity index (χ1n) is 12.3. The van der Waals surface area contributed by atoms with E-state index < -0.39 is 34.7 Å². The normalized spacial score (nSPS) is 11.6. The van der Waals surface area contributed by atoms with Gasteiger partial charge in [0.2, 0.25) is 0 Å². The predicted octanol–water partition coefficient (Wildman–Crippen LogP) is 4.77. The number of anilines is 1. The summed E-state index contributed by atoms with van der Waals surface area (Å²) in [5.41, 5.74) is 8.51. The minimum Gasteiger partial charge on any atom is -0.496 e. The van der Waals surface area contributed by atoms with Crippen molar-refractivity contribution >= 4 is 34.1 Å². The van der Waals surface area contributed by atoms with E-state index in [1.807, 2.05) is 6.07 Å². The Morgan fingerprint density at radius 2 is 1.98 bits per heavy atom. The predicted molar refractivity (Wildman–Crippen MR) is 150 cm³/mol. The molecule has 0 fully saturated rings. The largest absolute Gasteiger partial charge is 0.496 e. The van der Waals surface area contributed by atoms with Crippen LogP contribution in [-0.2, 0) is 0 Å². The molecule has 8 nitrogen and oxygen atoms in total. The number of amides is 1. The van der Waals surface area contributed by atoms with Crippen LogP contribution in [-0.4, -0.2) is 40.7 Å². The third-order valence-electron chi connectivity index (χ3n) is 6.21. The lowest BCUT2D eigenvalue weighted by Gasteiger charge is -2.32. The number of hydrogen-bond acceptors (Lipinski definition) is 6. The number of nitrogens with two attached hydrogens (primary N) is 1. The Morgan fingerprint density at radius 1 is 1.23 bits per heavy atom. The smallest absolute Gasteiger partial charge is 0.280 e. The highest BCUT2D eigenvalue weighted by Crippen LogP contribution is 2.31. The lowest BCUT2D eigenvalue weighted by Crippen LogP contribution is -2.42. The van der Waals surface area contributed by atoms with Gasteiger partial charge in [0.1, 0.15) is 17.4 Å². The van der Waals surface area contributed by atoms with Crippen molar-refractivity contribution < 1.29 is 18.3 Å². The molecule has 0 aliphatic carbocycles. The van der Waals surface area contributed by atoms with Crippen LogP contribution < -0.4 is 21.5 Å². The maximum atomic E-state index is 15.1. The molecule has 11 heteroatoms. The summed E-state index contributed by atoms with van der Waals surface area (Å²) in [4.78, 5) is 33.6. The van der Waals surface area contributed by atoms with E-state index in [0.717, 1.165) is 12.1 Å². The van der Waals surface area contributed by atoms with Crippen LogP contribution in [0.25, 0.3) is 10.9 Å². The number of nitrogens with one attached hydrogen (secondary N) is 1. The molecule has 3 aromatic carbocycles. The highest BCUT2D eigenvalue weighted by atomic mass is 35.5. The van der Waals surface area contributed by atoms with Crippen molar-refractivity contribution in [3.63, 3.8) is 0 Å². The van der Waals surface area contributed by atoms with Gasteiger partial charge in [-0.25, -0.2) is 18.4 Å². The standard InChI is InChI=1S/C29H26ClF2N5O3/c1-3-8-23(36(16-7-15-33)29(39)25-24(40-2)14-13-21(31)26(25)32)27-34-22-17-18(30)11-12-20(22)28(38)37(27)35-19-9-5-4-6-10-19/h1,4-6,9-14,17,23,35H,7-8,15-16,33H2,2H3. The first-order valence-corrected chi connectivity index (χ1v) is 12.7. The molecule has 1 unspecified atom stereocenters. The van der Waals surface area contributed by atoms with E-state index in [1.54, 1.807) is 36.4 Å². The Balaban J connectivity index is 1.97. The van der Waals surface area contributed by atoms with Crippen LogP contribution in [0, 0.1) is 24.0 Å². The van der Waals surface area contributed by atoms with Gasteiger partial charge in [0, 0.05) is 18.0 Å². The van der Waals surface area contributed by atoms with Crippen molar-refractivity contribution in [2.24, 2.45) is 5.73 Å². The zero-order valence-corrected chi connectivity index (χ0v) is 22.3. The van der Waals surface area contributed by atoms with Crippen LogP contribution in [0.4, 0.5) is 14.5 Å². The molecule has 40 heavy (non-hydrogen) atoms. The molecule has 0 bridgehead atoms. The van der Waals surface area contributed by atoms with Crippen molar-refractivity contribution in [1.29, 1.82) is 0 Å². The number of terminal acetylenes is 1. The summed E-state index contributed by atoms with van der Waals surface area (Å²) in [7, 11) is 1.24. The van der Waals surface area contributed by atoms with E-state index in [4.69, 9.17) is 33.5 Å². The maximum Gasteiger partial charge on any atom is 0.280 e. The quantitative estimate of drug-likeness (QED) is 0.269. The Hall–Kier alpha value is -4.46. The second kappa shape index (κ2) is 12.6. The van der Waals surface area contributed by atoms with Crippen molar-refractivity contribution in [1.82, 2.24) is 14.6 Å². The number of methoxy groups -OCH3 is 1. The molecule has 4 aromatic rings. The van der Waals surface area contributed by atoms with Gasteiger partial charge in [0.15, 0.2) is 17.5 Å². The molecule has 0 spiro atoms. The van der Waals surface area contributed by atoms with Gasteiger partial charge in [0.05, 0.1) is 23.7 Å². The average molecular weight is 566 g/mol. The second-order valence-electron chi connectivity index (χ2n) is 8.75. The van der Waals surface area contributed by atoms with Crippen LogP contribution in [0.3, 0.4) is 0 Å². The zero-order valence-electron chi connectivity index (χ0n) is 21.5. The molecule has 1 amide bonds. The number of fused-ring (bicyclic) bond motifs is 1. The van der Waals surface area contributed by atoms with Gasteiger partial charge in [-0.05, 0) is 55.4 Å². The summed E-state index contributed by atoms with van der Waals surface area (Å²) in [5.74, 6) is -1.10. The number of ether oxygens (including phenoxy) is 1. The maximum absolute atomic E-state index is 15.1. The van der Waals surface area contributed by atoms with Gasteiger partial charge in [-0.15, -0.1) is 12.3 Å². The van der Waals surface area contributed by atoms with Crippen LogP contribution in [0.15, 0.2) is 65.5 Å². The van der Waals surface area contributed by atoms with E-state index in [2.05, 4.69) is 11.3 Å². The van der Waals surface area contributed by atoms with Crippen molar-refractivity contribution in [2.75, 3.05) is 25.6 Å². The highest BCUT2D eigenvalue weighted by molar-refractivity contribution is 6.31. The molecule has 1 atom stereocenters. The molecule has 1 aromatic heterocycles. The summed E-state index contributed by atoms with van der Waals surface area (Å²) in [6.45, 7) is 0.181. The second-order valence-corrected chi connectivity index (χ2v) is 9.19. The average Bonchev–Trinajstić information content (AvgIpc) is 2.95. The Labute approximate surface area is 234 Å². The van der Waals surface area contributed by atoms with Gasteiger partial charge >= 0.3 is 0 Å². The van der Waals surface area contributed by atoms with E-state index in [-0.39, 0.29) is 42.0 Å². The van der Waals surface area contributed by atoms with Crippen molar-refractivity contribution in [3.05, 3.63) is 99.1 Å². The third-order valence-corrected chi connectivity index (χ3v) is 6.45. The van der Waals surface area contributed by atoms with Gasteiger partial charge < -0.3 is 15.4 Å². The topological polar surface area (TPSA) is 102 Å². The highest BCUT2D eigenvalue weighted by Gasteiger charge is 2.33. The fourth-order valence-corrected chi connectivity index (χ4v) is 4.47. The summed E-state index contributed by atoms with van der Waals surface area (Å²) in [6, 6.07) is 14.4. The molecule has 0 aliphatic heterocycles. The molecule has 0 saturated heterocycles. The Kier molecular flexibility index (Phi) is 8.99. The number of nitrogens with zero attached hydrogens (tertiary/aromatic N) is 3. The minimum absolute atomic E-state index is 0.00439. The van der Waals surface area contributed by atoms with Gasteiger partial charge in [-0.1, -0.05) is 29.8 Å². The van der Waals surface area contributed by atoms with E-state index in [9.17, 15) is 14.0 Å². The lowest BCUT2D eigenvalue weighted by molar-refractivity contribution is 0.0656. The molecule has 206 valence electrons. The third kappa shape index (κ3) is 5.76. The molecule has 1 heterocycles. The summed E-state index contributed by atoms with van der Waals surface area (Å²) >= 11 is 6.19. The van der Waals surface area contributed by atoms with Crippen molar-refractivity contribution in [3.8, 4) is 18.1 Å². The number of carbonyl (C=O) groups excluding carboxylic acids is 1. The number of carbonyl (C=O) groups is 1. The van der Waals surface area contributed by atoms with Crippen LogP contribution in [0.2, 0.25) is 5.02 Å². The summed E-state index contributed by atoms with van der Waals surface area (Å²) in [5, 5.41) is 0.601. The molecular formula is C29H26ClF2N5O3. The van der Waals surface area contributed by atoms with E-state index in [0.29, 0.717) is 17.1 Å². The number of aromatic nitrogens is 2. The Bertz CT molecular complexity index is 1640. The number of para-hydroxylation sites is 1. The Morgan fingerprint density at radius 3 is 2.65 bits per heavy atom. The molecule has 0 radical (unpaired) electrons. The molecule has 0 saturated carbocycles. The first kappa shape index (κ1) is 28.5. The van der Waals surface area contributed by atoms with Crippen LogP contribution in [0.5, 0.6) is 5.75 Å². The number of benzene rings is 3. The summed E-state index contributed by atoms with van der Waals surface area (Å²) < 4.78 is 35.7. The molecule has 4 rings (SSSR count). The van der Waals surface area contributed by atoms with Crippen molar-refractivity contribution in [2.45, 2.75) is 18.9 Å². The lowest BCUT2D eigenvalue weighted by atomic mass is 10.1. The van der Waals surface area contributed by atoms with Crippen LogP contribution in [0.1, 0.15) is 35.1 Å². The number of halogens is 3. The van der Waals surface area contributed by atoms with E-state index >= 15 is 4.39 Å². The molecule has 0 aliphatic rings. The fraction of sp³-hybridized carbons (Fsp3) is 0.207. The SMILES string of the molecule is C#CCC(c1nc2cc(Cl)ccc2c(=O)n1Nc1ccccc1)N(CCCN)C(=O)c1c(OC)ccc(F)c1F. The minimum atomic E-state index is -1.38. The van der Waals surface area contributed by atoms with Crippen LogP contribution >= 0.6 is 11.6 Å². The van der Waals surface area contributed by atoms with Gasteiger partial charge in [0.25, 0.3) is 11.5 Å². The van der Waals surface area contributed by atoms with E-state index in [1.165, 1.54) is 22.8 Å². The first-order chi connectivity index (χ1) is 19.3. The number of rotatable bonds is 10. The number of hydrogen-bond donors (Lipinski definition) is 2. The molecular weight excluding hydrogens is 540 g/mol. The monoisotopic (exact) mass is 565 g/mol. The summed E-state index contributed by atoms with van der Waals surface area (Å²) in [6.07, 6.45) is 5.90.